The number of anilines is 1. The van der Waals surface area contributed by atoms with Gasteiger partial charge in [0.05, 0.1) is 18.3 Å². The molecule has 0 saturated carbocycles. The highest BCUT2D eigenvalue weighted by atomic mass is 16.5. The molecule has 0 spiro atoms. The van der Waals surface area contributed by atoms with Crippen LogP contribution in [0, 0.1) is 6.92 Å². The molecule has 1 atom stereocenters. The third kappa shape index (κ3) is 2.58. The lowest BCUT2D eigenvalue weighted by molar-refractivity contribution is 0.0532. The predicted molar refractivity (Wildman–Crippen MR) is 65.8 cm³/mol. The fraction of sp³-hybridized carbons (Fsp3) is 0.462. The molecule has 1 heterocycles. The summed E-state index contributed by atoms with van der Waals surface area (Å²) < 4.78 is 5.49. The van der Waals surface area contributed by atoms with Crippen molar-refractivity contribution in [3.8, 4) is 0 Å². The number of carboxylic acid groups (broad SMARTS) is 1. The van der Waals surface area contributed by atoms with Gasteiger partial charge in [-0.1, -0.05) is 0 Å². The summed E-state index contributed by atoms with van der Waals surface area (Å²) >= 11 is 0. The number of nitrogens with zero attached hydrogens (tertiary/aromatic N) is 1. The number of benzene rings is 1. The molecule has 1 aromatic rings. The standard InChI is InChI=1S/C13H17NO3/c1-9-7-11(3-4-12(9)13(15)16)14-5-6-17-10(2)8-14/h3-4,7,10H,5-6,8H2,1-2H3,(H,15,16). The molecule has 0 amide bonds. The molecule has 4 heteroatoms. The quantitative estimate of drug-likeness (QED) is 0.850. The maximum absolute atomic E-state index is 10.9. The first-order valence-electron chi connectivity index (χ1n) is 5.78. The third-order valence-corrected chi connectivity index (χ3v) is 3.05. The zero-order chi connectivity index (χ0) is 12.4. The number of aryl methyl sites for hydroxylation is 1. The average Bonchev–Trinajstić information content (AvgIpc) is 2.28. The van der Waals surface area contributed by atoms with Gasteiger partial charge in [0, 0.05) is 18.8 Å². The van der Waals surface area contributed by atoms with Gasteiger partial charge in [0.1, 0.15) is 0 Å². The van der Waals surface area contributed by atoms with Crippen LogP contribution in [0.15, 0.2) is 18.2 Å². The highest BCUT2D eigenvalue weighted by Crippen LogP contribution is 2.21. The number of hydrogen-bond acceptors (Lipinski definition) is 3. The predicted octanol–water partition coefficient (Wildman–Crippen LogP) is 1.92. The van der Waals surface area contributed by atoms with Crippen molar-refractivity contribution in [2.75, 3.05) is 24.6 Å². The van der Waals surface area contributed by atoms with Crippen LogP contribution in [0.2, 0.25) is 0 Å². The molecule has 1 aliphatic heterocycles. The zero-order valence-electron chi connectivity index (χ0n) is 10.1. The van der Waals surface area contributed by atoms with E-state index in [9.17, 15) is 4.79 Å². The summed E-state index contributed by atoms with van der Waals surface area (Å²) in [4.78, 5) is 13.2. The number of aromatic carboxylic acids is 1. The van der Waals surface area contributed by atoms with Gasteiger partial charge in [-0.3, -0.25) is 0 Å². The molecule has 0 aromatic heterocycles. The van der Waals surface area contributed by atoms with E-state index in [0.717, 1.165) is 30.9 Å². The van der Waals surface area contributed by atoms with E-state index in [1.807, 2.05) is 26.0 Å². The number of hydrogen-bond donors (Lipinski definition) is 1. The molecule has 1 unspecified atom stereocenters. The molecule has 92 valence electrons. The fourth-order valence-electron chi connectivity index (χ4n) is 2.14. The van der Waals surface area contributed by atoms with E-state index in [4.69, 9.17) is 9.84 Å². The van der Waals surface area contributed by atoms with E-state index in [-0.39, 0.29) is 6.10 Å². The Balaban J connectivity index is 2.22. The first-order chi connectivity index (χ1) is 8.08. The summed E-state index contributed by atoms with van der Waals surface area (Å²) in [6.45, 7) is 6.31. The van der Waals surface area contributed by atoms with Gasteiger partial charge in [-0.05, 0) is 37.6 Å². The Labute approximate surface area is 101 Å². The number of carbonyl (C=O) groups is 1. The van der Waals surface area contributed by atoms with Crippen LogP contribution in [0.1, 0.15) is 22.8 Å². The molecule has 0 bridgehead atoms. The van der Waals surface area contributed by atoms with Crippen LogP contribution in [0.25, 0.3) is 0 Å². The minimum atomic E-state index is -0.871. The second kappa shape index (κ2) is 4.75. The van der Waals surface area contributed by atoms with Crippen molar-refractivity contribution >= 4 is 11.7 Å². The molecule has 17 heavy (non-hydrogen) atoms. The molecular weight excluding hydrogens is 218 g/mol. The lowest BCUT2D eigenvalue weighted by Gasteiger charge is -2.33. The Morgan fingerprint density at radius 3 is 2.88 bits per heavy atom. The van der Waals surface area contributed by atoms with Crippen LogP contribution in [-0.4, -0.2) is 36.9 Å². The van der Waals surface area contributed by atoms with E-state index >= 15 is 0 Å². The molecule has 1 saturated heterocycles. The van der Waals surface area contributed by atoms with E-state index in [2.05, 4.69) is 4.90 Å². The summed E-state index contributed by atoms with van der Waals surface area (Å²) in [6, 6.07) is 5.48. The van der Waals surface area contributed by atoms with Crippen LogP contribution in [0.5, 0.6) is 0 Å². The van der Waals surface area contributed by atoms with Crippen LogP contribution >= 0.6 is 0 Å². The second-order valence-electron chi connectivity index (χ2n) is 4.43. The lowest BCUT2D eigenvalue weighted by atomic mass is 10.1. The molecule has 1 fully saturated rings. The Morgan fingerprint density at radius 1 is 1.53 bits per heavy atom. The summed E-state index contributed by atoms with van der Waals surface area (Å²) in [7, 11) is 0. The molecule has 0 aliphatic carbocycles. The van der Waals surface area contributed by atoms with Crippen molar-refractivity contribution in [1.82, 2.24) is 0 Å². The van der Waals surface area contributed by atoms with Crippen molar-refractivity contribution < 1.29 is 14.6 Å². The van der Waals surface area contributed by atoms with E-state index in [1.165, 1.54) is 0 Å². The zero-order valence-corrected chi connectivity index (χ0v) is 10.1. The Hall–Kier alpha value is -1.55. The first kappa shape index (κ1) is 11.9. The topological polar surface area (TPSA) is 49.8 Å². The minimum Gasteiger partial charge on any atom is -0.478 e. The summed E-state index contributed by atoms with van der Waals surface area (Å²) in [5.41, 5.74) is 2.24. The lowest BCUT2D eigenvalue weighted by Crippen LogP contribution is -2.41. The minimum absolute atomic E-state index is 0.225. The number of ether oxygens (including phenoxy) is 1. The normalized spacial score (nSPS) is 20.4. The van der Waals surface area contributed by atoms with Crippen LogP contribution < -0.4 is 4.90 Å². The Morgan fingerprint density at radius 2 is 2.29 bits per heavy atom. The number of carboxylic acids is 1. The van der Waals surface area contributed by atoms with Gasteiger partial charge in [0.25, 0.3) is 0 Å². The molecular formula is C13H17NO3. The highest BCUT2D eigenvalue weighted by molar-refractivity contribution is 5.89. The van der Waals surface area contributed by atoms with Crippen molar-refractivity contribution in [3.05, 3.63) is 29.3 Å². The van der Waals surface area contributed by atoms with Gasteiger partial charge in [-0.15, -0.1) is 0 Å². The largest absolute Gasteiger partial charge is 0.478 e. The third-order valence-electron chi connectivity index (χ3n) is 3.05. The van der Waals surface area contributed by atoms with Crippen LogP contribution in [0.3, 0.4) is 0 Å². The monoisotopic (exact) mass is 235 g/mol. The molecule has 0 radical (unpaired) electrons. The Kier molecular flexibility index (Phi) is 3.33. The van der Waals surface area contributed by atoms with Crippen LogP contribution in [-0.2, 0) is 4.74 Å². The molecule has 1 aromatic carbocycles. The maximum Gasteiger partial charge on any atom is 0.335 e. The van der Waals surface area contributed by atoms with E-state index in [1.54, 1.807) is 6.07 Å². The molecule has 1 aliphatic rings. The Bertz CT molecular complexity index is 431. The first-order valence-corrected chi connectivity index (χ1v) is 5.78. The maximum atomic E-state index is 10.9. The van der Waals surface area contributed by atoms with Gasteiger partial charge in [-0.25, -0.2) is 4.79 Å². The molecule has 2 rings (SSSR count). The van der Waals surface area contributed by atoms with Gasteiger partial charge in [0.15, 0.2) is 0 Å². The number of rotatable bonds is 2. The molecule has 4 nitrogen and oxygen atoms in total. The van der Waals surface area contributed by atoms with E-state index < -0.39 is 5.97 Å². The fourth-order valence-corrected chi connectivity index (χ4v) is 2.14. The number of morpholine rings is 1. The van der Waals surface area contributed by atoms with Gasteiger partial charge in [-0.2, -0.15) is 0 Å². The van der Waals surface area contributed by atoms with Crippen molar-refractivity contribution in [3.63, 3.8) is 0 Å². The van der Waals surface area contributed by atoms with Gasteiger partial charge in [0.2, 0.25) is 0 Å². The second-order valence-corrected chi connectivity index (χ2v) is 4.43. The summed E-state index contributed by atoms with van der Waals surface area (Å²) in [5, 5.41) is 8.98. The molecule has 1 N–H and O–H groups in total. The van der Waals surface area contributed by atoms with Gasteiger partial charge >= 0.3 is 5.97 Å². The SMILES string of the molecule is Cc1cc(N2CCOC(C)C2)ccc1C(=O)O. The smallest absolute Gasteiger partial charge is 0.335 e. The van der Waals surface area contributed by atoms with Gasteiger partial charge < -0.3 is 14.7 Å². The van der Waals surface area contributed by atoms with Crippen molar-refractivity contribution in [2.45, 2.75) is 20.0 Å². The van der Waals surface area contributed by atoms with E-state index in [0.29, 0.717) is 5.56 Å². The van der Waals surface area contributed by atoms with Crippen LogP contribution in [0.4, 0.5) is 5.69 Å². The van der Waals surface area contributed by atoms with Crippen molar-refractivity contribution in [1.29, 1.82) is 0 Å². The summed E-state index contributed by atoms with van der Waals surface area (Å²) in [6.07, 6.45) is 0.225. The highest BCUT2D eigenvalue weighted by Gasteiger charge is 2.18. The van der Waals surface area contributed by atoms with Crippen molar-refractivity contribution in [2.24, 2.45) is 0 Å². The average molecular weight is 235 g/mol. The summed E-state index contributed by atoms with van der Waals surface area (Å²) in [5.74, 6) is -0.871.